The van der Waals surface area contributed by atoms with E-state index in [1.165, 1.54) is 12.1 Å². The van der Waals surface area contributed by atoms with Gasteiger partial charge in [-0.1, -0.05) is 12.1 Å². The zero-order chi connectivity index (χ0) is 21.9. The van der Waals surface area contributed by atoms with Crippen LogP contribution in [0, 0.1) is 10.1 Å². The minimum absolute atomic E-state index is 0.0444. The van der Waals surface area contributed by atoms with Gasteiger partial charge < -0.3 is 20.3 Å². The third-order valence-electron chi connectivity index (χ3n) is 3.77. The Bertz CT molecular complexity index is 683. The molecule has 0 bridgehead atoms. The zero-order valence-electron chi connectivity index (χ0n) is 18.0. The van der Waals surface area contributed by atoms with Crippen LogP contribution in [0.5, 0.6) is 0 Å². The lowest BCUT2D eigenvalue weighted by atomic mass is 10.1. The molecule has 9 heteroatoms. The molecule has 0 saturated carbocycles. The van der Waals surface area contributed by atoms with E-state index >= 15 is 0 Å². The minimum Gasteiger partial charge on any atom is -0.382 e. The first-order valence-electron chi connectivity index (χ1n) is 9.74. The van der Waals surface area contributed by atoms with Gasteiger partial charge in [-0.3, -0.25) is 14.9 Å². The lowest BCUT2D eigenvalue weighted by molar-refractivity contribution is -0.384. The van der Waals surface area contributed by atoms with E-state index < -0.39 is 4.92 Å². The number of carbonyl (C=O) groups excluding carboxylic acids is 1. The molecule has 29 heavy (non-hydrogen) atoms. The molecule has 0 fully saturated rings. The molecule has 162 valence electrons. The molecule has 1 rings (SSSR count). The van der Waals surface area contributed by atoms with Gasteiger partial charge in [0, 0.05) is 44.5 Å². The predicted molar refractivity (Wildman–Crippen MR) is 114 cm³/mol. The second kappa shape index (κ2) is 12.0. The average molecular weight is 408 g/mol. The van der Waals surface area contributed by atoms with E-state index in [4.69, 9.17) is 4.74 Å². The molecule has 0 spiro atoms. The molecule has 1 aromatic rings. The molecule has 0 aliphatic heterocycles. The van der Waals surface area contributed by atoms with Crippen LogP contribution in [0.4, 0.5) is 5.69 Å². The Hall–Kier alpha value is -2.68. The monoisotopic (exact) mass is 407 g/mol. The van der Waals surface area contributed by atoms with Gasteiger partial charge in [-0.2, -0.15) is 0 Å². The van der Waals surface area contributed by atoms with Crippen molar-refractivity contribution in [2.45, 2.75) is 46.2 Å². The van der Waals surface area contributed by atoms with Crippen molar-refractivity contribution in [2.75, 3.05) is 33.4 Å². The van der Waals surface area contributed by atoms with E-state index in [1.54, 1.807) is 24.1 Å². The molecular formula is C20H33N5O4. The van der Waals surface area contributed by atoms with Crippen molar-refractivity contribution in [1.82, 2.24) is 15.5 Å². The average Bonchev–Trinajstić information content (AvgIpc) is 2.62. The molecule has 1 amide bonds. The summed E-state index contributed by atoms with van der Waals surface area (Å²) in [5.41, 5.74) is 0.582. The van der Waals surface area contributed by atoms with Crippen molar-refractivity contribution < 1.29 is 14.5 Å². The van der Waals surface area contributed by atoms with Crippen molar-refractivity contribution in [1.29, 1.82) is 0 Å². The second-order valence-corrected chi connectivity index (χ2v) is 7.69. The largest absolute Gasteiger partial charge is 0.382 e. The quantitative estimate of drug-likeness (QED) is 0.203. The Labute approximate surface area is 172 Å². The van der Waals surface area contributed by atoms with Crippen molar-refractivity contribution in [2.24, 2.45) is 4.99 Å². The van der Waals surface area contributed by atoms with Crippen LogP contribution in [0.25, 0.3) is 0 Å². The molecule has 2 N–H and O–H groups in total. The number of amides is 1. The summed E-state index contributed by atoms with van der Waals surface area (Å²) in [7, 11) is 1.80. The van der Waals surface area contributed by atoms with Crippen LogP contribution in [-0.2, 0) is 16.1 Å². The summed E-state index contributed by atoms with van der Waals surface area (Å²) in [6, 6.07) is 6.28. The number of carbonyl (C=O) groups is 1. The van der Waals surface area contributed by atoms with Gasteiger partial charge in [0.05, 0.1) is 18.0 Å². The van der Waals surface area contributed by atoms with Crippen molar-refractivity contribution in [3.8, 4) is 0 Å². The standard InChI is InChI=1S/C20H33N5O4/c1-6-29-13-7-12-21-19(24(5)15-18(26)23-20(2,3)4)22-14-16-8-10-17(11-9-16)25(27)28/h8-11H,6-7,12-15H2,1-5H3,(H,21,22)(H,23,26). The lowest BCUT2D eigenvalue weighted by Gasteiger charge is -2.25. The van der Waals surface area contributed by atoms with E-state index in [0.29, 0.717) is 32.3 Å². The van der Waals surface area contributed by atoms with Gasteiger partial charge >= 0.3 is 0 Å². The molecule has 0 radical (unpaired) electrons. The van der Waals surface area contributed by atoms with Crippen LogP contribution in [-0.4, -0.2) is 60.6 Å². The third kappa shape index (κ3) is 10.4. The Morgan fingerprint density at radius 3 is 2.48 bits per heavy atom. The summed E-state index contributed by atoms with van der Waals surface area (Å²) in [5, 5.41) is 17.0. The first kappa shape index (κ1) is 24.4. The first-order chi connectivity index (χ1) is 13.6. The number of nitrogens with one attached hydrogen (secondary N) is 2. The van der Waals surface area contributed by atoms with Gasteiger partial charge in [0.15, 0.2) is 5.96 Å². The summed E-state index contributed by atoms with van der Waals surface area (Å²) in [6.45, 7) is 10.2. The third-order valence-corrected chi connectivity index (χ3v) is 3.77. The summed E-state index contributed by atoms with van der Waals surface area (Å²) < 4.78 is 5.34. The van der Waals surface area contributed by atoms with Crippen LogP contribution in [0.2, 0.25) is 0 Å². The van der Waals surface area contributed by atoms with Gasteiger partial charge in [-0.15, -0.1) is 0 Å². The van der Waals surface area contributed by atoms with E-state index in [1.807, 2.05) is 27.7 Å². The molecule has 9 nitrogen and oxygen atoms in total. The Morgan fingerprint density at radius 1 is 1.28 bits per heavy atom. The fraction of sp³-hybridized carbons (Fsp3) is 0.600. The number of guanidine groups is 1. The van der Waals surface area contributed by atoms with Gasteiger partial charge in [-0.05, 0) is 39.7 Å². The Morgan fingerprint density at radius 2 is 1.93 bits per heavy atom. The normalized spacial score (nSPS) is 11.8. The summed E-state index contributed by atoms with van der Waals surface area (Å²) in [4.78, 5) is 28.9. The molecule has 0 atom stereocenters. The number of nitro benzene ring substituents is 1. The molecule has 0 heterocycles. The first-order valence-corrected chi connectivity index (χ1v) is 9.74. The number of nitrogens with zero attached hydrogens (tertiary/aromatic N) is 3. The molecule has 0 saturated heterocycles. The lowest BCUT2D eigenvalue weighted by Crippen LogP contribution is -2.49. The number of hydrogen-bond donors (Lipinski definition) is 2. The summed E-state index contributed by atoms with van der Waals surface area (Å²) in [6.07, 6.45) is 0.812. The molecular weight excluding hydrogens is 374 g/mol. The zero-order valence-corrected chi connectivity index (χ0v) is 18.0. The number of aliphatic imine (C=N–C) groups is 1. The summed E-state index contributed by atoms with van der Waals surface area (Å²) in [5.74, 6) is 0.489. The van der Waals surface area contributed by atoms with Crippen LogP contribution >= 0.6 is 0 Å². The summed E-state index contributed by atoms with van der Waals surface area (Å²) >= 11 is 0. The number of non-ortho nitro benzene ring substituents is 1. The van der Waals surface area contributed by atoms with Crippen molar-refractivity contribution in [3.63, 3.8) is 0 Å². The molecule has 0 aliphatic carbocycles. The topological polar surface area (TPSA) is 109 Å². The Kier molecular flexibility index (Phi) is 10.1. The Balaban J connectivity index is 2.78. The van der Waals surface area contributed by atoms with Crippen molar-refractivity contribution in [3.05, 3.63) is 39.9 Å². The second-order valence-electron chi connectivity index (χ2n) is 7.69. The number of hydrogen-bond acceptors (Lipinski definition) is 5. The van der Waals surface area contributed by atoms with E-state index in [-0.39, 0.29) is 23.7 Å². The van der Waals surface area contributed by atoms with Crippen LogP contribution in [0.15, 0.2) is 29.3 Å². The maximum Gasteiger partial charge on any atom is 0.269 e. The van der Waals surface area contributed by atoms with Gasteiger partial charge in [0.2, 0.25) is 5.91 Å². The number of nitro groups is 1. The van der Waals surface area contributed by atoms with Crippen LogP contribution in [0.1, 0.15) is 39.7 Å². The smallest absolute Gasteiger partial charge is 0.269 e. The van der Waals surface area contributed by atoms with Gasteiger partial charge in [0.1, 0.15) is 0 Å². The molecule has 0 unspecified atom stereocenters. The fourth-order valence-corrected chi connectivity index (χ4v) is 2.47. The number of likely N-dealkylation sites (N-methyl/N-ethyl adjacent to an activating group) is 1. The SMILES string of the molecule is CCOCCCNC(=NCc1ccc([N+](=O)[O-])cc1)N(C)CC(=O)NC(C)(C)C. The number of rotatable bonds is 10. The van der Waals surface area contributed by atoms with E-state index in [0.717, 1.165) is 12.0 Å². The fourth-order valence-electron chi connectivity index (χ4n) is 2.47. The highest BCUT2D eigenvalue weighted by atomic mass is 16.6. The van der Waals surface area contributed by atoms with Crippen LogP contribution in [0.3, 0.4) is 0 Å². The molecule has 0 aromatic heterocycles. The molecule has 1 aromatic carbocycles. The number of ether oxygens (including phenoxy) is 1. The molecule has 0 aliphatic rings. The predicted octanol–water partition coefficient (Wildman–Crippen LogP) is 2.31. The maximum atomic E-state index is 12.2. The van der Waals surface area contributed by atoms with E-state index in [2.05, 4.69) is 15.6 Å². The van der Waals surface area contributed by atoms with Crippen molar-refractivity contribution >= 4 is 17.6 Å². The van der Waals surface area contributed by atoms with Gasteiger partial charge in [-0.25, -0.2) is 4.99 Å². The number of benzene rings is 1. The maximum absolute atomic E-state index is 12.2. The highest BCUT2D eigenvalue weighted by molar-refractivity contribution is 5.86. The highest BCUT2D eigenvalue weighted by Crippen LogP contribution is 2.12. The van der Waals surface area contributed by atoms with Crippen LogP contribution < -0.4 is 10.6 Å². The highest BCUT2D eigenvalue weighted by Gasteiger charge is 2.17. The van der Waals surface area contributed by atoms with E-state index in [9.17, 15) is 14.9 Å². The minimum atomic E-state index is -0.431. The van der Waals surface area contributed by atoms with Gasteiger partial charge in [0.25, 0.3) is 5.69 Å².